The van der Waals surface area contributed by atoms with Gasteiger partial charge in [0.15, 0.2) is 0 Å². The first kappa shape index (κ1) is 14.8. The lowest BCUT2D eigenvalue weighted by Gasteiger charge is -2.24. The average molecular weight is 277 g/mol. The number of para-hydroxylation sites is 1. The highest BCUT2D eigenvalue weighted by Gasteiger charge is 2.26. The molecule has 1 saturated heterocycles. The van der Waals surface area contributed by atoms with Crippen LogP contribution in [0.25, 0.3) is 0 Å². The molecule has 0 aromatic heterocycles. The third kappa shape index (κ3) is 3.29. The molecule has 0 aliphatic carbocycles. The highest BCUT2D eigenvalue weighted by Crippen LogP contribution is 2.20. The maximum atomic E-state index is 11.9. The molecule has 1 N–H and O–H groups in total. The molecule has 1 aromatic rings. The van der Waals surface area contributed by atoms with Crippen LogP contribution >= 0.6 is 0 Å². The molecule has 110 valence electrons. The molecule has 1 heterocycles. The van der Waals surface area contributed by atoms with Crippen LogP contribution in [0.1, 0.15) is 17.5 Å². The molecule has 2 rings (SSSR count). The number of anilines is 1. The zero-order valence-electron chi connectivity index (χ0n) is 12.6. The van der Waals surface area contributed by atoms with E-state index in [-0.39, 0.29) is 12.1 Å². The minimum Gasteiger partial charge on any atom is -0.448 e. The number of likely N-dealkylation sites (N-methyl/N-ethyl adjacent to an activating group) is 1. The smallest absolute Gasteiger partial charge is 0.411 e. The summed E-state index contributed by atoms with van der Waals surface area (Å²) in [6.07, 6.45) is 0.634. The summed E-state index contributed by atoms with van der Waals surface area (Å²) in [6.45, 7) is 5.37. The SMILES string of the molecule is Cc1cccc(C)c1NC(=O)OCC1CCN(C)N1C. The van der Waals surface area contributed by atoms with Crippen molar-refractivity contribution in [2.45, 2.75) is 26.3 Å². The van der Waals surface area contributed by atoms with Crippen LogP contribution in [0, 0.1) is 13.8 Å². The number of amides is 1. The molecule has 0 bridgehead atoms. The van der Waals surface area contributed by atoms with E-state index in [2.05, 4.69) is 15.3 Å². The van der Waals surface area contributed by atoms with Gasteiger partial charge in [0.1, 0.15) is 6.61 Å². The van der Waals surface area contributed by atoms with E-state index in [0.29, 0.717) is 6.61 Å². The van der Waals surface area contributed by atoms with Gasteiger partial charge in [0.05, 0.1) is 6.04 Å². The van der Waals surface area contributed by atoms with Crippen LogP contribution in [-0.2, 0) is 4.74 Å². The molecule has 20 heavy (non-hydrogen) atoms. The molecule has 0 saturated carbocycles. The third-order valence-electron chi connectivity index (χ3n) is 3.97. The van der Waals surface area contributed by atoms with Crippen molar-refractivity contribution in [2.75, 3.05) is 32.6 Å². The third-order valence-corrected chi connectivity index (χ3v) is 3.97. The minimum atomic E-state index is -0.384. The average Bonchev–Trinajstić information content (AvgIpc) is 2.72. The van der Waals surface area contributed by atoms with E-state index in [1.165, 1.54) is 0 Å². The first-order chi connectivity index (χ1) is 9.49. The first-order valence-corrected chi connectivity index (χ1v) is 6.93. The Morgan fingerprint density at radius 2 is 2.00 bits per heavy atom. The molecule has 0 spiro atoms. The van der Waals surface area contributed by atoms with Gasteiger partial charge in [0, 0.05) is 26.3 Å². The Kier molecular flexibility index (Phi) is 4.62. The number of hydrogen-bond donors (Lipinski definition) is 1. The fourth-order valence-electron chi connectivity index (χ4n) is 2.47. The summed E-state index contributed by atoms with van der Waals surface area (Å²) < 4.78 is 5.34. The van der Waals surface area contributed by atoms with Gasteiger partial charge in [-0.3, -0.25) is 5.32 Å². The fourth-order valence-corrected chi connectivity index (χ4v) is 2.47. The Balaban J connectivity index is 1.87. The van der Waals surface area contributed by atoms with Gasteiger partial charge in [-0.2, -0.15) is 0 Å². The number of nitrogens with one attached hydrogen (secondary N) is 1. The Labute approximate surface area is 120 Å². The number of benzene rings is 1. The zero-order chi connectivity index (χ0) is 14.7. The van der Waals surface area contributed by atoms with Crippen LogP contribution < -0.4 is 5.32 Å². The van der Waals surface area contributed by atoms with E-state index in [4.69, 9.17) is 4.74 Å². The van der Waals surface area contributed by atoms with E-state index in [0.717, 1.165) is 29.8 Å². The summed E-state index contributed by atoms with van der Waals surface area (Å²) in [5.41, 5.74) is 2.92. The molecule has 1 amide bonds. The highest BCUT2D eigenvalue weighted by molar-refractivity contribution is 5.86. The fraction of sp³-hybridized carbons (Fsp3) is 0.533. The second-order valence-electron chi connectivity index (χ2n) is 5.39. The molecule has 1 fully saturated rings. The summed E-state index contributed by atoms with van der Waals surface area (Å²) in [6, 6.07) is 6.19. The number of nitrogens with zero attached hydrogens (tertiary/aromatic N) is 2. The van der Waals surface area contributed by atoms with Crippen molar-refractivity contribution in [2.24, 2.45) is 0 Å². The van der Waals surface area contributed by atoms with Crippen molar-refractivity contribution < 1.29 is 9.53 Å². The van der Waals surface area contributed by atoms with Gasteiger partial charge in [0.25, 0.3) is 0 Å². The second-order valence-corrected chi connectivity index (χ2v) is 5.39. The van der Waals surface area contributed by atoms with Crippen LogP contribution in [0.5, 0.6) is 0 Å². The summed E-state index contributed by atoms with van der Waals surface area (Å²) >= 11 is 0. The Morgan fingerprint density at radius 1 is 1.35 bits per heavy atom. The van der Waals surface area contributed by atoms with Crippen LogP contribution in [0.4, 0.5) is 10.5 Å². The molecule has 1 atom stereocenters. The molecular weight excluding hydrogens is 254 g/mol. The maximum Gasteiger partial charge on any atom is 0.411 e. The molecular formula is C15H23N3O2. The quantitative estimate of drug-likeness (QED) is 0.921. The van der Waals surface area contributed by atoms with E-state index in [1.54, 1.807) is 0 Å². The van der Waals surface area contributed by atoms with E-state index in [1.807, 2.05) is 46.1 Å². The monoisotopic (exact) mass is 277 g/mol. The standard InChI is InChI=1S/C15H23N3O2/c1-11-6-5-7-12(2)14(11)16-15(19)20-10-13-8-9-17(3)18(13)4/h5-7,13H,8-10H2,1-4H3,(H,16,19). The Morgan fingerprint density at radius 3 is 2.55 bits per heavy atom. The van der Waals surface area contributed by atoms with Gasteiger partial charge in [-0.05, 0) is 31.4 Å². The topological polar surface area (TPSA) is 44.8 Å². The van der Waals surface area contributed by atoms with Gasteiger partial charge < -0.3 is 4.74 Å². The van der Waals surface area contributed by atoms with Crippen molar-refractivity contribution in [3.63, 3.8) is 0 Å². The number of hydrazine groups is 1. The number of rotatable bonds is 3. The normalized spacial score (nSPS) is 20.1. The predicted octanol–water partition coefficient (Wildman–Crippen LogP) is 2.40. The molecule has 5 nitrogen and oxygen atoms in total. The Bertz CT molecular complexity index is 470. The molecule has 1 unspecified atom stereocenters. The first-order valence-electron chi connectivity index (χ1n) is 6.93. The number of ether oxygens (including phenoxy) is 1. The van der Waals surface area contributed by atoms with Crippen molar-refractivity contribution in [1.29, 1.82) is 0 Å². The van der Waals surface area contributed by atoms with Crippen LogP contribution in [-0.4, -0.2) is 49.4 Å². The van der Waals surface area contributed by atoms with E-state index < -0.39 is 0 Å². The maximum absolute atomic E-state index is 11.9. The van der Waals surface area contributed by atoms with Crippen molar-refractivity contribution in [3.8, 4) is 0 Å². The molecule has 5 heteroatoms. The van der Waals surface area contributed by atoms with Crippen LogP contribution in [0.2, 0.25) is 0 Å². The number of aryl methyl sites for hydroxylation is 2. The molecule has 1 aliphatic heterocycles. The van der Waals surface area contributed by atoms with Gasteiger partial charge in [-0.25, -0.2) is 14.8 Å². The van der Waals surface area contributed by atoms with Gasteiger partial charge in [0.2, 0.25) is 0 Å². The van der Waals surface area contributed by atoms with Crippen molar-refractivity contribution in [3.05, 3.63) is 29.3 Å². The minimum absolute atomic E-state index is 0.267. The summed E-state index contributed by atoms with van der Waals surface area (Å²) in [5.74, 6) is 0. The van der Waals surface area contributed by atoms with Crippen molar-refractivity contribution in [1.82, 2.24) is 10.0 Å². The van der Waals surface area contributed by atoms with E-state index in [9.17, 15) is 4.79 Å². The summed E-state index contributed by atoms with van der Waals surface area (Å²) in [5, 5.41) is 7.09. The summed E-state index contributed by atoms with van der Waals surface area (Å²) in [7, 11) is 4.06. The Hall–Kier alpha value is -1.59. The highest BCUT2D eigenvalue weighted by atomic mass is 16.5. The number of carbonyl (C=O) groups excluding carboxylic acids is 1. The summed E-state index contributed by atoms with van der Waals surface area (Å²) in [4.78, 5) is 11.9. The second kappa shape index (κ2) is 6.24. The van der Waals surface area contributed by atoms with Gasteiger partial charge >= 0.3 is 6.09 Å². The number of hydrogen-bond acceptors (Lipinski definition) is 4. The predicted molar refractivity (Wildman–Crippen MR) is 79.7 cm³/mol. The van der Waals surface area contributed by atoms with Gasteiger partial charge in [-0.15, -0.1) is 0 Å². The molecule has 0 radical (unpaired) electrons. The molecule has 1 aromatic carbocycles. The van der Waals surface area contributed by atoms with Gasteiger partial charge in [-0.1, -0.05) is 18.2 Å². The van der Waals surface area contributed by atoms with E-state index >= 15 is 0 Å². The van der Waals surface area contributed by atoms with Crippen molar-refractivity contribution >= 4 is 11.8 Å². The largest absolute Gasteiger partial charge is 0.448 e. The lowest BCUT2D eigenvalue weighted by atomic mass is 10.1. The van der Waals surface area contributed by atoms with Crippen LogP contribution in [0.3, 0.4) is 0 Å². The number of carbonyl (C=O) groups is 1. The molecule has 1 aliphatic rings. The zero-order valence-corrected chi connectivity index (χ0v) is 12.6. The lowest BCUT2D eigenvalue weighted by Crippen LogP contribution is -2.38. The van der Waals surface area contributed by atoms with Crippen LogP contribution in [0.15, 0.2) is 18.2 Å². The lowest BCUT2D eigenvalue weighted by molar-refractivity contribution is 0.0266.